The van der Waals surface area contributed by atoms with E-state index in [0.717, 1.165) is 18.2 Å². The van der Waals surface area contributed by atoms with Gasteiger partial charge in [-0.2, -0.15) is 0 Å². The normalized spacial score (nSPS) is 27.3. The maximum Gasteiger partial charge on any atom is 0.335 e. The molecule has 0 spiro atoms. The van der Waals surface area contributed by atoms with E-state index in [9.17, 15) is 23.1 Å². The molecular formula is C25H27F3N2O4. The van der Waals surface area contributed by atoms with Crippen molar-refractivity contribution in [2.75, 3.05) is 26.3 Å². The molecule has 34 heavy (non-hydrogen) atoms. The first-order chi connectivity index (χ1) is 16.3. The average molecular weight is 476 g/mol. The van der Waals surface area contributed by atoms with Crippen LogP contribution in [-0.2, 0) is 22.5 Å². The van der Waals surface area contributed by atoms with Crippen LogP contribution < -0.4 is 10.1 Å². The smallest absolute Gasteiger partial charge is 0.335 e. The lowest BCUT2D eigenvalue weighted by atomic mass is 10.1. The summed E-state index contributed by atoms with van der Waals surface area (Å²) in [5, 5.41) is 13.4. The van der Waals surface area contributed by atoms with Crippen molar-refractivity contribution in [3.05, 3.63) is 65.0 Å². The Morgan fingerprint density at radius 1 is 1.21 bits per heavy atom. The zero-order chi connectivity index (χ0) is 24.0. The van der Waals surface area contributed by atoms with E-state index in [-0.39, 0.29) is 30.7 Å². The molecule has 0 radical (unpaired) electrons. The van der Waals surface area contributed by atoms with Gasteiger partial charge < -0.3 is 19.9 Å². The van der Waals surface area contributed by atoms with Crippen LogP contribution in [0.4, 0.5) is 13.2 Å². The highest BCUT2D eigenvalue weighted by atomic mass is 19.2. The first kappa shape index (κ1) is 23.1. The molecule has 2 aromatic carbocycles. The standard InChI is InChI=1S/C25H27F3N2O4/c1-2-33-24(32)21(31)9-14-3-5-16(6-4-14)34-8-7-29-25-17-13-30(23(25)22(17)25)12-15-10-19(27)20(28)11-18(15)26/h3-6,10-11,17,21-23,29,31H,2,7-9,12-13H2,1H3/t17-,21-,22?,23?,25-/m1/s1. The summed E-state index contributed by atoms with van der Waals surface area (Å²) in [4.78, 5) is 13.7. The van der Waals surface area contributed by atoms with Crippen molar-refractivity contribution >= 4 is 5.97 Å². The summed E-state index contributed by atoms with van der Waals surface area (Å²) in [6, 6.07) is 9.06. The van der Waals surface area contributed by atoms with E-state index in [1.54, 1.807) is 31.2 Å². The molecule has 0 amide bonds. The Balaban J connectivity index is 1.05. The van der Waals surface area contributed by atoms with Crippen molar-refractivity contribution in [2.24, 2.45) is 11.8 Å². The van der Waals surface area contributed by atoms with Gasteiger partial charge in [0.05, 0.1) is 6.61 Å². The summed E-state index contributed by atoms with van der Waals surface area (Å²) >= 11 is 0. The fraction of sp³-hybridized carbons (Fsp3) is 0.480. The van der Waals surface area contributed by atoms with Crippen LogP contribution in [-0.4, -0.2) is 60.0 Å². The third-order valence-corrected chi connectivity index (χ3v) is 7.21. The van der Waals surface area contributed by atoms with Crippen molar-refractivity contribution in [2.45, 2.75) is 37.6 Å². The number of carbonyl (C=O) groups excluding carboxylic acids is 1. The number of nitrogens with one attached hydrogen (secondary N) is 1. The van der Waals surface area contributed by atoms with E-state index in [2.05, 4.69) is 10.2 Å². The maximum atomic E-state index is 14.0. The van der Waals surface area contributed by atoms with Crippen LogP contribution in [0.2, 0.25) is 0 Å². The number of carbonyl (C=O) groups is 1. The molecule has 6 nitrogen and oxygen atoms in total. The molecule has 5 atom stereocenters. The third kappa shape index (κ3) is 4.06. The van der Waals surface area contributed by atoms with Gasteiger partial charge in [-0.15, -0.1) is 0 Å². The van der Waals surface area contributed by atoms with Gasteiger partial charge in [0.15, 0.2) is 17.7 Å². The highest BCUT2D eigenvalue weighted by Crippen LogP contribution is 2.78. The quantitative estimate of drug-likeness (QED) is 0.295. The molecule has 2 bridgehead atoms. The van der Waals surface area contributed by atoms with Crippen molar-refractivity contribution in [3.8, 4) is 5.75 Å². The van der Waals surface area contributed by atoms with Crippen LogP contribution in [0.1, 0.15) is 18.1 Å². The Hall–Kier alpha value is -2.62. The number of nitrogens with zero attached hydrogens (tertiary/aromatic N) is 1. The molecule has 2 N–H and O–H groups in total. The predicted octanol–water partition coefficient (Wildman–Crippen LogP) is 2.42. The van der Waals surface area contributed by atoms with Gasteiger partial charge in [0.25, 0.3) is 0 Å². The van der Waals surface area contributed by atoms with E-state index < -0.39 is 29.5 Å². The number of hydrogen-bond donors (Lipinski definition) is 2. The topological polar surface area (TPSA) is 71.0 Å². The van der Waals surface area contributed by atoms with Gasteiger partial charge >= 0.3 is 5.97 Å². The first-order valence-electron chi connectivity index (χ1n) is 11.5. The summed E-state index contributed by atoms with van der Waals surface area (Å²) in [5.41, 5.74) is 1.03. The van der Waals surface area contributed by atoms with Gasteiger partial charge in [-0.1, -0.05) is 12.1 Å². The number of benzene rings is 2. The minimum absolute atomic E-state index is 0.0471. The van der Waals surface area contributed by atoms with Crippen molar-refractivity contribution in [1.29, 1.82) is 0 Å². The van der Waals surface area contributed by atoms with Crippen LogP contribution in [0.5, 0.6) is 5.75 Å². The lowest BCUT2D eigenvalue weighted by Crippen LogP contribution is -2.35. The number of halogens is 3. The molecule has 4 aliphatic rings. The lowest BCUT2D eigenvalue weighted by Gasteiger charge is -2.18. The Kier molecular flexibility index (Phi) is 6.03. The number of aliphatic hydroxyl groups excluding tert-OH is 1. The van der Waals surface area contributed by atoms with Crippen LogP contribution in [0.15, 0.2) is 36.4 Å². The lowest BCUT2D eigenvalue weighted by molar-refractivity contribution is -0.152. The maximum absolute atomic E-state index is 14.0. The largest absolute Gasteiger partial charge is 0.492 e. The molecule has 2 heterocycles. The Morgan fingerprint density at radius 2 is 1.94 bits per heavy atom. The summed E-state index contributed by atoms with van der Waals surface area (Å²) in [7, 11) is 0. The minimum Gasteiger partial charge on any atom is -0.492 e. The minimum atomic E-state index is -1.19. The molecule has 6 rings (SSSR count). The summed E-state index contributed by atoms with van der Waals surface area (Å²) in [6.07, 6.45) is -1.01. The molecule has 2 aromatic rings. The van der Waals surface area contributed by atoms with E-state index in [0.29, 0.717) is 42.8 Å². The molecule has 182 valence electrons. The number of rotatable bonds is 11. The van der Waals surface area contributed by atoms with Gasteiger partial charge in [0.2, 0.25) is 0 Å². The fourth-order valence-corrected chi connectivity index (χ4v) is 5.53. The van der Waals surface area contributed by atoms with E-state index in [1.807, 2.05) is 0 Å². The average Bonchev–Trinajstić information content (AvgIpc) is 3.53. The first-order valence-corrected chi connectivity index (χ1v) is 11.5. The third-order valence-electron chi connectivity index (χ3n) is 7.21. The van der Waals surface area contributed by atoms with Crippen molar-refractivity contribution < 1.29 is 32.5 Å². The number of piperidine rings is 1. The van der Waals surface area contributed by atoms with Crippen molar-refractivity contribution in [1.82, 2.24) is 10.2 Å². The Bertz CT molecular complexity index is 1080. The number of fused-ring (bicyclic) bond motifs is 1. The van der Waals surface area contributed by atoms with Gasteiger partial charge in [-0.05, 0) is 36.6 Å². The second kappa shape index (κ2) is 8.87. The molecule has 2 aliphatic carbocycles. The fourth-order valence-electron chi connectivity index (χ4n) is 5.53. The zero-order valence-corrected chi connectivity index (χ0v) is 18.8. The second-order valence-corrected chi connectivity index (χ2v) is 9.19. The number of aliphatic hydroxyl groups is 1. The SMILES string of the molecule is CCOC(=O)[C@H](O)Cc1ccc(OCCN[C@]23C4C2N(Cc2cc(F)c(F)cc2F)C[C@H]43)cc1. The zero-order valence-electron chi connectivity index (χ0n) is 18.8. The molecule has 2 unspecified atom stereocenters. The molecule has 2 saturated heterocycles. The predicted molar refractivity (Wildman–Crippen MR) is 117 cm³/mol. The molecular weight excluding hydrogens is 449 g/mol. The van der Waals surface area contributed by atoms with Gasteiger partial charge in [-0.3, -0.25) is 4.90 Å². The molecule has 0 aromatic heterocycles. The summed E-state index contributed by atoms with van der Waals surface area (Å²) in [5.74, 6) is -1.80. The van der Waals surface area contributed by atoms with Crippen LogP contribution in [0.3, 0.4) is 0 Å². The van der Waals surface area contributed by atoms with Gasteiger partial charge in [0, 0.05) is 55.2 Å². The molecule has 2 aliphatic heterocycles. The van der Waals surface area contributed by atoms with Crippen LogP contribution in [0, 0.1) is 29.3 Å². The van der Waals surface area contributed by atoms with Gasteiger partial charge in [-0.25, -0.2) is 18.0 Å². The highest BCUT2D eigenvalue weighted by molar-refractivity contribution is 5.74. The van der Waals surface area contributed by atoms with Crippen LogP contribution in [0.25, 0.3) is 0 Å². The Morgan fingerprint density at radius 3 is 2.65 bits per heavy atom. The second-order valence-electron chi connectivity index (χ2n) is 9.19. The van der Waals surface area contributed by atoms with E-state index in [4.69, 9.17) is 9.47 Å². The van der Waals surface area contributed by atoms with E-state index in [1.165, 1.54) is 0 Å². The van der Waals surface area contributed by atoms with Crippen molar-refractivity contribution in [3.63, 3.8) is 0 Å². The number of ether oxygens (including phenoxy) is 2. The summed E-state index contributed by atoms with van der Waals surface area (Å²) in [6.45, 7) is 4.14. The monoisotopic (exact) mass is 476 g/mol. The number of esters is 1. The van der Waals surface area contributed by atoms with Gasteiger partial charge in [0.1, 0.15) is 18.2 Å². The molecule has 2 saturated carbocycles. The summed E-state index contributed by atoms with van der Waals surface area (Å²) < 4.78 is 51.2. The number of hydrogen-bond acceptors (Lipinski definition) is 6. The molecule has 4 fully saturated rings. The van der Waals surface area contributed by atoms with E-state index >= 15 is 0 Å². The highest BCUT2D eigenvalue weighted by Gasteiger charge is 2.91. The van der Waals surface area contributed by atoms with Crippen LogP contribution >= 0.6 is 0 Å². The Labute approximate surface area is 195 Å². The molecule has 9 heteroatoms.